The van der Waals surface area contributed by atoms with E-state index in [1.807, 2.05) is 16.2 Å². The van der Waals surface area contributed by atoms with Crippen LogP contribution in [0.1, 0.15) is 75.6 Å². The fraction of sp³-hybridized carbons (Fsp3) is 0.708. The molecular weight excluding hydrogens is 392 g/mol. The fourth-order valence-corrected chi connectivity index (χ4v) is 6.21. The van der Waals surface area contributed by atoms with E-state index < -0.39 is 0 Å². The molecule has 1 amide bonds. The van der Waals surface area contributed by atoms with Crippen molar-refractivity contribution in [1.82, 2.24) is 14.9 Å². The number of carbonyl (C=O) groups excluding carboxylic acids is 1. The third-order valence-corrected chi connectivity index (χ3v) is 7.86. The standard InChI is InChI=1S/C24H34N4OS/c1-15-5-8-17-18(13-15)30-23-20(17)22(25-21(26-23)16-6-7-16)28-11-9-27(10-12-28)19(29)14-24(2,3)4/h15-16H,5-14H2,1-4H3/t15-/m1/s1. The Kier molecular flexibility index (Phi) is 5.04. The van der Waals surface area contributed by atoms with E-state index in [1.54, 1.807) is 0 Å². The number of aromatic nitrogens is 2. The van der Waals surface area contributed by atoms with Gasteiger partial charge in [0.05, 0.1) is 5.39 Å². The highest BCUT2D eigenvalue weighted by atomic mass is 32.1. The topological polar surface area (TPSA) is 49.3 Å². The normalized spacial score (nSPS) is 22.5. The number of fused-ring (bicyclic) bond motifs is 3. The van der Waals surface area contributed by atoms with E-state index in [1.165, 1.54) is 46.3 Å². The number of hydrogen-bond donors (Lipinski definition) is 0. The highest BCUT2D eigenvalue weighted by Crippen LogP contribution is 2.44. The Balaban J connectivity index is 1.43. The maximum absolute atomic E-state index is 12.7. The molecule has 2 aromatic heterocycles. The minimum atomic E-state index is 0.0408. The summed E-state index contributed by atoms with van der Waals surface area (Å²) in [6.07, 6.45) is 6.66. The first-order chi connectivity index (χ1) is 14.3. The second-order valence-corrected chi connectivity index (χ2v) is 11.9. The van der Waals surface area contributed by atoms with E-state index in [9.17, 15) is 4.79 Å². The third-order valence-electron chi connectivity index (χ3n) is 6.71. The van der Waals surface area contributed by atoms with Gasteiger partial charge in [-0.05, 0) is 49.0 Å². The number of thiophene rings is 1. The van der Waals surface area contributed by atoms with E-state index >= 15 is 0 Å². The second kappa shape index (κ2) is 7.47. The lowest BCUT2D eigenvalue weighted by Crippen LogP contribution is -2.49. The SMILES string of the molecule is C[C@@H]1CCc2c(sc3nc(C4CC4)nc(N4CCN(C(=O)CC(C)(C)C)CC4)c23)C1. The molecule has 2 aliphatic carbocycles. The molecule has 5 rings (SSSR count). The molecule has 3 aliphatic rings. The van der Waals surface area contributed by atoms with Crippen LogP contribution >= 0.6 is 11.3 Å². The van der Waals surface area contributed by atoms with Crippen LogP contribution in [0.3, 0.4) is 0 Å². The maximum atomic E-state index is 12.7. The molecule has 3 heterocycles. The summed E-state index contributed by atoms with van der Waals surface area (Å²) in [4.78, 5) is 30.1. The molecule has 6 heteroatoms. The first-order valence-electron chi connectivity index (χ1n) is 11.6. The van der Waals surface area contributed by atoms with Crippen LogP contribution in [0, 0.1) is 11.3 Å². The number of nitrogens with zero attached hydrogens (tertiary/aromatic N) is 4. The van der Waals surface area contributed by atoms with E-state index in [0.717, 1.165) is 50.2 Å². The highest BCUT2D eigenvalue weighted by Gasteiger charge is 2.32. The molecule has 162 valence electrons. The summed E-state index contributed by atoms with van der Waals surface area (Å²) in [5.74, 6) is 3.81. The smallest absolute Gasteiger partial charge is 0.223 e. The quantitative estimate of drug-likeness (QED) is 0.709. The van der Waals surface area contributed by atoms with Gasteiger partial charge in [0.2, 0.25) is 5.91 Å². The Labute approximate surface area is 183 Å². The summed E-state index contributed by atoms with van der Waals surface area (Å²) < 4.78 is 0. The number of aryl methyl sites for hydroxylation is 1. The molecule has 0 N–H and O–H groups in total. The molecule has 0 bridgehead atoms. The Bertz CT molecular complexity index is 964. The number of anilines is 1. The summed E-state index contributed by atoms with van der Waals surface area (Å²) in [7, 11) is 0. The summed E-state index contributed by atoms with van der Waals surface area (Å²) in [6, 6.07) is 0. The maximum Gasteiger partial charge on any atom is 0.223 e. The van der Waals surface area contributed by atoms with Crippen LogP contribution < -0.4 is 4.90 Å². The minimum Gasteiger partial charge on any atom is -0.352 e. The number of hydrogen-bond acceptors (Lipinski definition) is 5. The van der Waals surface area contributed by atoms with Gasteiger partial charge in [0.1, 0.15) is 16.5 Å². The second-order valence-electron chi connectivity index (χ2n) is 10.8. The Morgan fingerprint density at radius 1 is 1.10 bits per heavy atom. The largest absolute Gasteiger partial charge is 0.352 e. The molecule has 2 aromatic rings. The van der Waals surface area contributed by atoms with Crippen molar-refractivity contribution in [3.63, 3.8) is 0 Å². The summed E-state index contributed by atoms with van der Waals surface area (Å²) >= 11 is 1.91. The van der Waals surface area contributed by atoms with Gasteiger partial charge in [0.25, 0.3) is 0 Å². The first-order valence-corrected chi connectivity index (χ1v) is 12.4. The van der Waals surface area contributed by atoms with Crippen LogP contribution in [-0.2, 0) is 17.6 Å². The molecule has 1 aliphatic heterocycles. The number of amides is 1. The van der Waals surface area contributed by atoms with Crippen LogP contribution in [0.2, 0.25) is 0 Å². The third kappa shape index (κ3) is 3.95. The van der Waals surface area contributed by atoms with E-state index in [-0.39, 0.29) is 11.3 Å². The van der Waals surface area contributed by atoms with Gasteiger partial charge in [0, 0.05) is 43.4 Å². The van der Waals surface area contributed by atoms with Crippen molar-refractivity contribution in [3.8, 4) is 0 Å². The average Bonchev–Trinajstić information content (AvgIpc) is 3.47. The van der Waals surface area contributed by atoms with Crippen LogP contribution in [0.25, 0.3) is 10.2 Å². The molecule has 0 spiro atoms. The average molecular weight is 427 g/mol. The molecule has 5 nitrogen and oxygen atoms in total. The van der Waals surface area contributed by atoms with E-state index in [0.29, 0.717) is 12.3 Å². The van der Waals surface area contributed by atoms with Gasteiger partial charge in [-0.3, -0.25) is 4.79 Å². The minimum absolute atomic E-state index is 0.0408. The number of carbonyl (C=O) groups is 1. The van der Waals surface area contributed by atoms with Crippen molar-refractivity contribution in [2.75, 3.05) is 31.1 Å². The van der Waals surface area contributed by atoms with E-state index in [4.69, 9.17) is 9.97 Å². The highest BCUT2D eigenvalue weighted by molar-refractivity contribution is 7.19. The van der Waals surface area contributed by atoms with Gasteiger partial charge in [-0.15, -0.1) is 11.3 Å². The summed E-state index contributed by atoms with van der Waals surface area (Å²) in [6.45, 7) is 12.1. The predicted octanol–water partition coefficient (Wildman–Crippen LogP) is 4.78. The lowest BCUT2D eigenvalue weighted by atomic mass is 9.89. The molecule has 1 atom stereocenters. The Morgan fingerprint density at radius 3 is 2.50 bits per heavy atom. The molecule has 1 saturated carbocycles. The Morgan fingerprint density at radius 2 is 1.83 bits per heavy atom. The molecular formula is C24H34N4OS. The van der Waals surface area contributed by atoms with Crippen LogP contribution in [0.5, 0.6) is 0 Å². The van der Waals surface area contributed by atoms with Crippen LogP contribution in [0.15, 0.2) is 0 Å². The summed E-state index contributed by atoms with van der Waals surface area (Å²) in [5, 5.41) is 1.32. The van der Waals surface area contributed by atoms with Gasteiger partial charge < -0.3 is 9.80 Å². The van der Waals surface area contributed by atoms with Crippen molar-refractivity contribution in [2.24, 2.45) is 11.3 Å². The zero-order valence-electron chi connectivity index (χ0n) is 18.8. The van der Waals surface area contributed by atoms with Crippen molar-refractivity contribution in [1.29, 1.82) is 0 Å². The lowest BCUT2D eigenvalue weighted by Gasteiger charge is -2.37. The van der Waals surface area contributed by atoms with Gasteiger partial charge in [-0.25, -0.2) is 9.97 Å². The monoisotopic (exact) mass is 426 g/mol. The molecule has 1 saturated heterocycles. The van der Waals surface area contributed by atoms with Gasteiger partial charge in [-0.2, -0.15) is 0 Å². The van der Waals surface area contributed by atoms with E-state index in [2.05, 4.69) is 32.6 Å². The molecule has 30 heavy (non-hydrogen) atoms. The van der Waals surface area contributed by atoms with Crippen molar-refractivity contribution < 1.29 is 4.79 Å². The first kappa shape index (κ1) is 20.2. The van der Waals surface area contributed by atoms with Crippen molar-refractivity contribution >= 4 is 33.3 Å². The van der Waals surface area contributed by atoms with Crippen LogP contribution in [-0.4, -0.2) is 47.0 Å². The number of rotatable bonds is 3. The molecule has 0 aromatic carbocycles. The van der Waals surface area contributed by atoms with Crippen LogP contribution in [0.4, 0.5) is 5.82 Å². The zero-order valence-corrected chi connectivity index (χ0v) is 19.6. The van der Waals surface area contributed by atoms with Gasteiger partial charge in [0.15, 0.2) is 0 Å². The molecule has 0 radical (unpaired) electrons. The lowest BCUT2D eigenvalue weighted by molar-refractivity contribution is -0.133. The van der Waals surface area contributed by atoms with Crippen molar-refractivity contribution in [2.45, 2.75) is 72.1 Å². The summed E-state index contributed by atoms with van der Waals surface area (Å²) in [5.41, 5.74) is 1.55. The predicted molar refractivity (Wildman–Crippen MR) is 123 cm³/mol. The molecule has 0 unspecified atom stereocenters. The fourth-order valence-electron chi connectivity index (χ4n) is 4.83. The number of piperazine rings is 1. The van der Waals surface area contributed by atoms with Gasteiger partial charge in [-0.1, -0.05) is 27.7 Å². The molecule has 2 fully saturated rings. The Hall–Kier alpha value is -1.69. The zero-order chi connectivity index (χ0) is 21.0. The van der Waals surface area contributed by atoms with Gasteiger partial charge >= 0.3 is 0 Å². The van der Waals surface area contributed by atoms with Crippen molar-refractivity contribution in [3.05, 3.63) is 16.3 Å².